The van der Waals surface area contributed by atoms with E-state index in [-0.39, 0.29) is 5.91 Å². The highest BCUT2D eigenvalue weighted by Gasteiger charge is 2.07. The number of amides is 1. The summed E-state index contributed by atoms with van der Waals surface area (Å²) < 4.78 is 6.11. The van der Waals surface area contributed by atoms with E-state index in [2.05, 4.69) is 26.6 Å². The molecule has 1 aromatic rings. The van der Waals surface area contributed by atoms with Crippen LogP contribution in [-0.4, -0.2) is 26.1 Å². The van der Waals surface area contributed by atoms with Crippen molar-refractivity contribution in [2.75, 3.05) is 20.2 Å². The van der Waals surface area contributed by atoms with E-state index in [1.807, 2.05) is 13.0 Å². The molecule has 6 heteroatoms. The summed E-state index contributed by atoms with van der Waals surface area (Å²) in [6.07, 6.45) is 0. The first-order valence-electron chi connectivity index (χ1n) is 4.97. The molecule has 0 bridgehead atoms. The van der Waals surface area contributed by atoms with Crippen LogP contribution in [0.25, 0.3) is 0 Å². The van der Waals surface area contributed by atoms with Gasteiger partial charge in [0.15, 0.2) is 5.06 Å². The number of hydrogen-bond acceptors (Lipinski definition) is 4. The molecule has 4 nitrogen and oxygen atoms in total. The van der Waals surface area contributed by atoms with Crippen LogP contribution in [0.1, 0.15) is 11.8 Å². The molecule has 0 saturated heterocycles. The lowest BCUT2D eigenvalue weighted by Gasteiger charge is -2.02. The number of likely N-dealkylation sites (N-methyl/N-ethyl adjacent to an activating group) is 1. The first kappa shape index (κ1) is 13.5. The largest absolute Gasteiger partial charge is 0.486 e. The first-order valence-corrected chi connectivity index (χ1v) is 6.58. The van der Waals surface area contributed by atoms with Gasteiger partial charge in [0.1, 0.15) is 0 Å². The maximum absolute atomic E-state index is 11.2. The van der Waals surface area contributed by atoms with Crippen molar-refractivity contribution >= 4 is 33.2 Å². The van der Waals surface area contributed by atoms with Gasteiger partial charge in [0, 0.05) is 18.0 Å². The van der Waals surface area contributed by atoms with E-state index in [0.29, 0.717) is 19.6 Å². The van der Waals surface area contributed by atoms with Gasteiger partial charge in [-0.3, -0.25) is 4.79 Å². The van der Waals surface area contributed by atoms with Crippen molar-refractivity contribution in [1.29, 1.82) is 0 Å². The fourth-order valence-electron chi connectivity index (χ4n) is 1.18. The summed E-state index contributed by atoms with van der Waals surface area (Å²) in [7, 11) is 1.64. The summed E-state index contributed by atoms with van der Waals surface area (Å²) in [6, 6.07) is 1.99. The summed E-state index contributed by atoms with van der Waals surface area (Å²) in [5.41, 5.74) is 0. The fourth-order valence-corrected chi connectivity index (χ4v) is 2.84. The molecule has 1 rings (SSSR count). The summed E-state index contributed by atoms with van der Waals surface area (Å²) in [4.78, 5) is 12.3. The van der Waals surface area contributed by atoms with Crippen LogP contribution in [0.3, 0.4) is 0 Å². The van der Waals surface area contributed by atoms with E-state index in [1.54, 1.807) is 18.4 Å². The molecule has 1 heterocycles. The van der Waals surface area contributed by atoms with Gasteiger partial charge >= 0.3 is 0 Å². The Kier molecular flexibility index (Phi) is 5.79. The second-order valence-electron chi connectivity index (χ2n) is 3.11. The summed E-state index contributed by atoms with van der Waals surface area (Å²) in [5, 5.41) is 6.66. The monoisotopic (exact) mass is 306 g/mol. The number of thiophene rings is 1. The van der Waals surface area contributed by atoms with E-state index in [0.717, 1.165) is 14.4 Å². The van der Waals surface area contributed by atoms with Gasteiger partial charge in [-0.25, -0.2) is 0 Å². The zero-order valence-corrected chi connectivity index (χ0v) is 11.7. The molecule has 0 aliphatic heterocycles. The highest BCUT2D eigenvalue weighted by molar-refractivity contribution is 9.10. The number of hydrogen-bond donors (Lipinski definition) is 2. The molecule has 0 saturated carbocycles. The Balaban J connectivity index is 2.34. The quantitative estimate of drug-likeness (QED) is 0.842. The summed E-state index contributed by atoms with van der Waals surface area (Å²) >= 11 is 4.96. The summed E-state index contributed by atoms with van der Waals surface area (Å²) in [5.74, 6) is 0.0186. The van der Waals surface area contributed by atoms with Crippen LogP contribution in [-0.2, 0) is 11.3 Å². The van der Waals surface area contributed by atoms with Crippen molar-refractivity contribution in [3.63, 3.8) is 0 Å². The average molecular weight is 307 g/mol. The van der Waals surface area contributed by atoms with Gasteiger partial charge in [0.05, 0.1) is 18.1 Å². The van der Waals surface area contributed by atoms with Crippen molar-refractivity contribution < 1.29 is 9.53 Å². The molecule has 0 aromatic carbocycles. The van der Waals surface area contributed by atoms with Crippen molar-refractivity contribution in [1.82, 2.24) is 10.6 Å². The van der Waals surface area contributed by atoms with Crippen LogP contribution < -0.4 is 15.4 Å². The molecule has 0 fully saturated rings. The maximum atomic E-state index is 11.2. The Morgan fingerprint density at radius 2 is 2.38 bits per heavy atom. The number of carbonyl (C=O) groups excluding carboxylic acids is 1. The third kappa shape index (κ3) is 4.11. The van der Waals surface area contributed by atoms with Crippen LogP contribution in [0.15, 0.2) is 10.5 Å². The standard InChI is InChI=1S/C10H15BrN2O2S/c1-3-13-9(14)6-12-5-7-4-8(11)10(15-2)16-7/h4,12H,3,5-6H2,1-2H3,(H,13,14). The van der Waals surface area contributed by atoms with Gasteiger partial charge in [-0.1, -0.05) is 0 Å². The molecule has 16 heavy (non-hydrogen) atoms. The molecular formula is C10H15BrN2O2S. The minimum atomic E-state index is 0.0186. The minimum absolute atomic E-state index is 0.0186. The van der Waals surface area contributed by atoms with Crippen LogP contribution in [0.5, 0.6) is 5.06 Å². The Bertz CT molecular complexity index is 355. The number of nitrogens with one attached hydrogen (secondary N) is 2. The normalized spacial score (nSPS) is 10.2. The van der Waals surface area contributed by atoms with E-state index < -0.39 is 0 Å². The van der Waals surface area contributed by atoms with Crippen LogP contribution in [0.4, 0.5) is 0 Å². The van der Waals surface area contributed by atoms with Gasteiger partial charge in [0.25, 0.3) is 0 Å². The zero-order chi connectivity index (χ0) is 12.0. The molecule has 2 N–H and O–H groups in total. The van der Waals surface area contributed by atoms with Crippen molar-refractivity contribution in [2.45, 2.75) is 13.5 Å². The first-order chi connectivity index (χ1) is 7.67. The second-order valence-corrected chi connectivity index (χ2v) is 5.06. The zero-order valence-electron chi connectivity index (χ0n) is 9.30. The maximum Gasteiger partial charge on any atom is 0.233 e. The van der Waals surface area contributed by atoms with Gasteiger partial charge in [-0.05, 0) is 28.9 Å². The van der Waals surface area contributed by atoms with Crippen molar-refractivity contribution in [3.8, 4) is 5.06 Å². The molecule has 90 valence electrons. The Labute approximate surface area is 108 Å². The number of rotatable bonds is 6. The molecule has 0 atom stereocenters. The smallest absolute Gasteiger partial charge is 0.233 e. The van der Waals surface area contributed by atoms with Gasteiger partial charge in [0.2, 0.25) is 5.91 Å². The topological polar surface area (TPSA) is 50.4 Å². The van der Waals surface area contributed by atoms with Gasteiger partial charge in [-0.15, -0.1) is 11.3 Å². The van der Waals surface area contributed by atoms with Crippen molar-refractivity contribution in [2.24, 2.45) is 0 Å². The number of halogens is 1. The molecule has 0 aliphatic rings. The lowest BCUT2D eigenvalue weighted by atomic mass is 10.4. The van der Waals surface area contributed by atoms with E-state index in [1.165, 1.54) is 0 Å². The minimum Gasteiger partial charge on any atom is -0.486 e. The molecule has 1 amide bonds. The second kappa shape index (κ2) is 6.88. The average Bonchev–Trinajstić information content (AvgIpc) is 2.59. The SMILES string of the molecule is CCNC(=O)CNCc1cc(Br)c(OC)s1. The third-order valence-corrected chi connectivity index (χ3v) is 3.80. The number of carbonyl (C=O) groups is 1. The molecule has 0 spiro atoms. The molecule has 0 aliphatic carbocycles. The molecule has 1 aromatic heterocycles. The predicted molar refractivity (Wildman–Crippen MR) is 69.0 cm³/mol. The van der Waals surface area contributed by atoms with E-state index in [9.17, 15) is 4.79 Å². The number of methoxy groups -OCH3 is 1. The molecule has 0 radical (unpaired) electrons. The highest BCUT2D eigenvalue weighted by Crippen LogP contribution is 2.34. The van der Waals surface area contributed by atoms with Gasteiger partial charge in [-0.2, -0.15) is 0 Å². The summed E-state index contributed by atoms with van der Waals surface area (Å²) in [6.45, 7) is 3.58. The van der Waals surface area contributed by atoms with E-state index >= 15 is 0 Å². The fraction of sp³-hybridized carbons (Fsp3) is 0.500. The van der Waals surface area contributed by atoms with Crippen molar-refractivity contribution in [3.05, 3.63) is 15.4 Å². The van der Waals surface area contributed by atoms with Crippen LogP contribution >= 0.6 is 27.3 Å². The lowest BCUT2D eigenvalue weighted by Crippen LogP contribution is -2.33. The number of ether oxygens (including phenoxy) is 1. The highest BCUT2D eigenvalue weighted by atomic mass is 79.9. The molecule has 0 unspecified atom stereocenters. The lowest BCUT2D eigenvalue weighted by molar-refractivity contribution is -0.120. The third-order valence-electron chi connectivity index (χ3n) is 1.85. The Morgan fingerprint density at radius 1 is 1.62 bits per heavy atom. The Hall–Kier alpha value is -0.590. The van der Waals surface area contributed by atoms with Crippen LogP contribution in [0.2, 0.25) is 0 Å². The van der Waals surface area contributed by atoms with Crippen LogP contribution in [0, 0.1) is 0 Å². The Morgan fingerprint density at radius 3 is 2.94 bits per heavy atom. The van der Waals surface area contributed by atoms with Gasteiger partial charge < -0.3 is 15.4 Å². The van der Waals surface area contributed by atoms with E-state index in [4.69, 9.17) is 4.74 Å². The predicted octanol–water partition coefficient (Wildman–Crippen LogP) is 1.74. The molecular weight excluding hydrogens is 292 g/mol.